The van der Waals surface area contributed by atoms with E-state index in [4.69, 9.17) is 9.73 Å². The van der Waals surface area contributed by atoms with E-state index < -0.39 is 0 Å². The highest BCUT2D eigenvalue weighted by atomic mass is 127. The van der Waals surface area contributed by atoms with Crippen LogP contribution in [-0.4, -0.2) is 60.7 Å². The smallest absolute Gasteiger partial charge is 0.191 e. The van der Waals surface area contributed by atoms with Gasteiger partial charge in [-0.15, -0.1) is 24.0 Å². The summed E-state index contributed by atoms with van der Waals surface area (Å²) in [6.45, 7) is 11.9. The average Bonchev–Trinajstić information content (AvgIpc) is 2.65. The number of ether oxygens (including phenoxy) is 1. The fraction of sp³-hybridized carbons (Fsp3) is 0.684. The largest absolute Gasteiger partial charge is 0.490 e. The van der Waals surface area contributed by atoms with Crippen molar-refractivity contribution >= 4 is 29.9 Å². The number of guanidine groups is 1. The standard InChI is InChI=1S/C19H33N5O.HI/c1-4-21-18(22-11-14-25-17-9-8-10-20-15-17)23-16-19(2,3)24-12-6-5-7-13-24;/h8-10,15H,4-7,11-14,16H2,1-3H3,(H2,21,22,23);1H. The van der Waals surface area contributed by atoms with Crippen molar-refractivity contribution in [3.8, 4) is 5.75 Å². The van der Waals surface area contributed by atoms with Crippen molar-refractivity contribution in [2.45, 2.75) is 45.6 Å². The van der Waals surface area contributed by atoms with Crippen LogP contribution in [0.2, 0.25) is 0 Å². The Bertz CT molecular complexity index is 518. The molecule has 0 spiro atoms. The molecule has 148 valence electrons. The van der Waals surface area contributed by atoms with Gasteiger partial charge in [-0.25, -0.2) is 0 Å². The minimum Gasteiger partial charge on any atom is -0.490 e. The lowest BCUT2D eigenvalue weighted by atomic mass is 9.99. The Morgan fingerprint density at radius 2 is 2.04 bits per heavy atom. The van der Waals surface area contributed by atoms with Gasteiger partial charge in [-0.2, -0.15) is 0 Å². The molecule has 7 heteroatoms. The van der Waals surface area contributed by atoms with E-state index in [9.17, 15) is 0 Å². The van der Waals surface area contributed by atoms with Gasteiger partial charge in [-0.05, 0) is 58.8 Å². The fourth-order valence-electron chi connectivity index (χ4n) is 2.98. The predicted molar refractivity (Wildman–Crippen MR) is 119 cm³/mol. The maximum absolute atomic E-state index is 5.66. The molecule has 0 aliphatic carbocycles. The molecule has 0 atom stereocenters. The Morgan fingerprint density at radius 1 is 1.27 bits per heavy atom. The summed E-state index contributed by atoms with van der Waals surface area (Å²) in [6, 6.07) is 3.78. The van der Waals surface area contributed by atoms with Crippen LogP contribution in [0.1, 0.15) is 40.0 Å². The van der Waals surface area contributed by atoms with Gasteiger partial charge in [0.2, 0.25) is 0 Å². The highest BCUT2D eigenvalue weighted by Gasteiger charge is 2.27. The first-order chi connectivity index (χ1) is 12.1. The molecule has 26 heavy (non-hydrogen) atoms. The molecule has 1 aromatic heterocycles. The van der Waals surface area contributed by atoms with E-state index in [1.165, 1.54) is 32.4 Å². The van der Waals surface area contributed by atoms with Crippen molar-refractivity contribution < 1.29 is 4.74 Å². The normalized spacial score (nSPS) is 15.9. The number of rotatable bonds is 8. The summed E-state index contributed by atoms with van der Waals surface area (Å²) in [4.78, 5) is 11.4. The molecule has 1 aliphatic heterocycles. The number of piperidine rings is 1. The van der Waals surface area contributed by atoms with Crippen molar-refractivity contribution in [1.82, 2.24) is 20.5 Å². The Kier molecular flexibility index (Phi) is 10.9. The summed E-state index contributed by atoms with van der Waals surface area (Å²) in [5.41, 5.74) is 0.0922. The van der Waals surface area contributed by atoms with Gasteiger partial charge in [-0.3, -0.25) is 14.9 Å². The van der Waals surface area contributed by atoms with Gasteiger partial charge in [0.25, 0.3) is 0 Å². The van der Waals surface area contributed by atoms with Crippen molar-refractivity contribution in [3.05, 3.63) is 24.5 Å². The molecule has 1 fully saturated rings. The van der Waals surface area contributed by atoms with Crippen LogP contribution in [0.4, 0.5) is 0 Å². The van der Waals surface area contributed by atoms with Crippen LogP contribution in [-0.2, 0) is 0 Å². The summed E-state index contributed by atoms with van der Waals surface area (Å²) in [5, 5.41) is 6.65. The zero-order valence-electron chi connectivity index (χ0n) is 16.3. The molecule has 0 amide bonds. The number of nitrogens with zero attached hydrogens (tertiary/aromatic N) is 3. The number of aromatic nitrogens is 1. The van der Waals surface area contributed by atoms with Crippen molar-refractivity contribution in [2.24, 2.45) is 4.99 Å². The third kappa shape index (κ3) is 8.07. The third-order valence-corrected chi connectivity index (χ3v) is 4.48. The molecule has 0 aromatic carbocycles. The van der Waals surface area contributed by atoms with E-state index >= 15 is 0 Å². The first-order valence-electron chi connectivity index (χ1n) is 9.42. The molecule has 1 aliphatic rings. The zero-order valence-corrected chi connectivity index (χ0v) is 18.7. The highest BCUT2D eigenvalue weighted by molar-refractivity contribution is 14.0. The summed E-state index contributed by atoms with van der Waals surface area (Å²) in [5.74, 6) is 1.64. The third-order valence-electron chi connectivity index (χ3n) is 4.48. The second-order valence-corrected chi connectivity index (χ2v) is 7.02. The van der Waals surface area contributed by atoms with Gasteiger partial charge < -0.3 is 15.4 Å². The van der Waals surface area contributed by atoms with E-state index in [2.05, 4.69) is 41.3 Å². The first kappa shape index (κ1) is 23.0. The van der Waals surface area contributed by atoms with E-state index in [0.29, 0.717) is 13.2 Å². The van der Waals surface area contributed by atoms with Gasteiger partial charge in [0.1, 0.15) is 12.4 Å². The van der Waals surface area contributed by atoms with E-state index in [0.717, 1.165) is 24.8 Å². The lowest BCUT2D eigenvalue weighted by Crippen LogP contribution is -2.49. The van der Waals surface area contributed by atoms with Crippen LogP contribution in [0.5, 0.6) is 5.75 Å². The van der Waals surface area contributed by atoms with Gasteiger partial charge >= 0.3 is 0 Å². The van der Waals surface area contributed by atoms with Crippen molar-refractivity contribution in [3.63, 3.8) is 0 Å². The maximum atomic E-state index is 5.66. The highest BCUT2D eigenvalue weighted by Crippen LogP contribution is 2.20. The number of pyridine rings is 1. The van der Waals surface area contributed by atoms with Gasteiger partial charge in [-0.1, -0.05) is 6.42 Å². The lowest BCUT2D eigenvalue weighted by molar-refractivity contribution is 0.102. The molecule has 0 bridgehead atoms. The Balaban J connectivity index is 0.00000338. The second-order valence-electron chi connectivity index (χ2n) is 7.02. The monoisotopic (exact) mass is 475 g/mol. The van der Waals surface area contributed by atoms with Gasteiger partial charge in [0.05, 0.1) is 19.3 Å². The lowest BCUT2D eigenvalue weighted by Gasteiger charge is -2.40. The molecule has 1 saturated heterocycles. The fourth-order valence-corrected chi connectivity index (χ4v) is 2.98. The number of hydrogen-bond donors (Lipinski definition) is 2. The van der Waals surface area contributed by atoms with E-state index in [-0.39, 0.29) is 29.5 Å². The minimum absolute atomic E-state index is 0. The molecule has 1 aromatic rings. The molecule has 0 radical (unpaired) electrons. The number of likely N-dealkylation sites (tertiary alicyclic amines) is 1. The summed E-state index contributed by atoms with van der Waals surface area (Å²) in [7, 11) is 0. The molecular formula is C19H34IN5O. The minimum atomic E-state index is 0. The second kappa shape index (κ2) is 12.3. The van der Waals surface area contributed by atoms with Crippen molar-refractivity contribution in [1.29, 1.82) is 0 Å². The molecule has 2 heterocycles. The van der Waals surface area contributed by atoms with Crippen LogP contribution in [0, 0.1) is 0 Å². The van der Waals surface area contributed by atoms with E-state index in [1.54, 1.807) is 12.4 Å². The molecule has 2 N–H and O–H groups in total. The molecular weight excluding hydrogens is 441 g/mol. The van der Waals surface area contributed by atoms with Crippen LogP contribution >= 0.6 is 24.0 Å². The topological polar surface area (TPSA) is 61.8 Å². The maximum Gasteiger partial charge on any atom is 0.191 e. The number of halogens is 1. The van der Waals surface area contributed by atoms with Gasteiger partial charge in [0, 0.05) is 18.3 Å². The Hall–Kier alpha value is -1.09. The van der Waals surface area contributed by atoms with E-state index in [1.807, 2.05) is 12.1 Å². The Morgan fingerprint density at radius 3 is 2.69 bits per heavy atom. The summed E-state index contributed by atoms with van der Waals surface area (Å²) < 4.78 is 5.66. The van der Waals surface area contributed by atoms with Crippen LogP contribution < -0.4 is 15.4 Å². The van der Waals surface area contributed by atoms with Crippen molar-refractivity contribution in [2.75, 3.05) is 39.3 Å². The van der Waals surface area contributed by atoms with Crippen LogP contribution in [0.15, 0.2) is 29.5 Å². The summed E-state index contributed by atoms with van der Waals surface area (Å²) in [6.07, 6.45) is 7.43. The molecule has 0 saturated carbocycles. The number of aliphatic imine (C=N–C) groups is 1. The Labute approximate surface area is 175 Å². The number of hydrogen-bond acceptors (Lipinski definition) is 4. The number of nitrogens with one attached hydrogen (secondary N) is 2. The molecule has 6 nitrogen and oxygen atoms in total. The quantitative estimate of drug-likeness (QED) is 0.262. The molecule has 2 rings (SSSR count). The van der Waals surface area contributed by atoms with Gasteiger partial charge in [0.15, 0.2) is 5.96 Å². The SMILES string of the molecule is CCNC(=NCC(C)(C)N1CCCCC1)NCCOc1cccnc1.I. The summed E-state index contributed by atoms with van der Waals surface area (Å²) >= 11 is 0. The first-order valence-corrected chi connectivity index (χ1v) is 9.42. The van der Waals surface area contributed by atoms with Crippen LogP contribution in [0.3, 0.4) is 0 Å². The average molecular weight is 475 g/mol. The predicted octanol–water partition coefficient (Wildman–Crippen LogP) is 2.90. The zero-order chi connectivity index (χ0) is 18.0. The van der Waals surface area contributed by atoms with Crippen LogP contribution in [0.25, 0.3) is 0 Å². The molecule has 0 unspecified atom stereocenters.